The molecule has 4 heteroatoms. The van der Waals surface area contributed by atoms with Crippen molar-refractivity contribution in [3.05, 3.63) is 29.3 Å². The lowest BCUT2D eigenvalue weighted by molar-refractivity contribution is -0.174. The van der Waals surface area contributed by atoms with Crippen LogP contribution in [0, 0.1) is 5.92 Å². The summed E-state index contributed by atoms with van der Waals surface area (Å²) in [6.45, 7) is 2.11. The molecule has 0 aromatic heterocycles. The van der Waals surface area contributed by atoms with Gasteiger partial charge in [0.1, 0.15) is 11.5 Å². The zero-order valence-corrected chi connectivity index (χ0v) is 15.7. The number of carbonyl (C=O) groups is 1. The van der Waals surface area contributed by atoms with Crippen molar-refractivity contribution in [2.75, 3.05) is 20.2 Å². The number of hydrogen-bond acceptors (Lipinski definition) is 4. The molecule has 2 saturated carbocycles. The predicted octanol–water partition coefficient (Wildman–Crippen LogP) is 2.85. The average Bonchev–Trinajstić information content (AvgIpc) is 2.60. The highest BCUT2D eigenvalue weighted by molar-refractivity contribution is 5.82. The second-order valence-corrected chi connectivity index (χ2v) is 9.01. The third-order valence-electron chi connectivity index (χ3n) is 7.89. The van der Waals surface area contributed by atoms with Crippen molar-refractivity contribution in [3.63, 3.8) is 0 Å². The van der Waals surface area contributed by atoms with Crippen molar-refractivity contribution in [3.8, 4) is 5.75 Å². The summed E-state index contributed by atoms with van der Waals surface area (Å²) in [4.78, 5) is 15.0. The molecule has 1 aromatic carbocycles. The largest absolute Gasteiger partial charge is 0.497 e. The first-order chi connectivity index (χ1) is 12.6. The minimum Gasteiger partial charge on any atom is -0.497 e. The molecule has 0 radical (unpaired) electrons. The number of benzene rings is 1. The van der Waals surface area contributed by atoms with Gasteiger partial charge in [-0.05, 0) is 67.8 Å². The van der Waals surface area contributed by atoms with Gasteiger partial charge < -0.3 is 9.84 Å². The Hall–Kier alpha value is -1.39. The standard InChI is InChI=1S/C22H29NO3/c1-26-18-6-5-16-11-20-22(25)8-7-17(24)13-21(22,19(16)12-18)9-10-23(20)14-15-3-2-4-15/h5-6,12,15,20,25H,2-4,7-11,13-14H2,1H3/t20-,21-,22-/m1/s1. The number of hydrogen-bond donors (Lipinski definition) is 1. The maximum Gasteiger partial charge on any atom is 0.134 e. The second-order valence-electron chi connectivity index (χ2n) is 9.01. The molecular formula is C22H29NO3. The number of rotatable bonds is 3. The van der Waals surface area contributed by atoms with E-state index in [1.807, 2.05) is 6.07 Å². The molecule has 0 amide bonds. The van der Waals surface area contributed by atoms with E-state index < -0.39 is 11.0 Å². The highest BCUT2D eigenvalue weighted by atomic mass is 16.5. The van der Waals surface area contributed by atoms with Gasteiger partial charge in [0.05, 0.1) is 12.7 Å². The number of ether oxygens (including phenoxy) is 1. The average molecular weight is 355 g/mol. The van der Waals surface area contributed by atoms with Crippen LogP contribution in [0.3, 0.4) is 0 Å². The highest BCUT2D eigenvalue weighted by Gasteiger charge is 2.64. The number of nitrogens with zero attached hydrogens (tertiary/aromatic N) is 1. The van der Waals surface area contributed by atoms with E-state index in [1.54, 1.807) is 7.11 Å². The van der Waals surface area contributed by atoms with Gasteiger partial charge in [0.25, 0.3) is 0 Å². The Bertz CT molecular complexity index is 743. The fourth-order valence-electron chi connectivity index (χ4n) is 6.23. The van der Waals surface area contributed by atoms with Crippen LogP contribution in [0.4, 0.5) is 0 Å². The maximum absolute atomic E-state index is 12.5. The quantitative estimate of drug-likeness (QED) is 0.906. The lowest BCUT2D eigenvalue weighted by Gasteiger charge is -2.63. The van der Waals surface area contributed by atoms with E-state index in [0.29, 0.717) is 25.0 Å². The molecule has 0 spiro atoms. The van der Waals surface area contributed by atoms with Crippen LogP contribution in [0.1, 0.15) is 56.1 Å². The normalized spacial score (nSPS) is 36.8. The Morgan fingerprint density at radius 3 is 2.88 bits per heavy atom. The Morgan fingerprint density at radius 1 is 1.31 bits per heavy atom. The zero-order chi connectivity index (χ0) is 17.9. The first-order valence-corrected chi connectivity index (χ1v) is 10.2. The van der Waals surface area contributed by atoms with E-state index >= 15 is 0 Å². The SMILES string of the molecule is COc1ccc2c(c1)[C@]13CCN(CC4CCC4)[C@H](C2)[C@]1(O)CCC(=O)C3. The van der Waals surface area contributed by atoms with Gasteiger partial charge >= 0.3 is 0 Å². The van der Waals surface area contributed by atoms with E-state index in [-0.39, 0.29) is 6.04 Å². The van der Waals surface area contributed by atoms with E-state index in [4.69, 9.17) is 4.74 Å². The topological polar surface area (TPSA) is 49.8 Å². The van der Waals surface area contributed by atoms with Gasteiger partial charge in [-0.1, -0.05) is 12.5 Å². The van der Waals surface area contributed by atoms with E-state index in [9.17, 15) is 9.90 Å². The molecule has 140 valence electrons. The number of likely N-dealkylation sites (tertiary alicyclic amines) is 1. The summed E-state index contributed by atoms with van der Waals surface area (Å²) in [7, 11) is 1.68. The van der Waals surface area contributed by atoms with Crippen molar-refractivity contribution in [2.24, 2.45) is 5.92 Å². The smallest absolute Gasteiger partial charge is 0.134 e. The lowest BCUT2D eigenvalue weighted by Crippen LogP contribution is -2.73. The predicted molar refractivity (Wildman–Crippen MR) is 99.5 cm³/mol. The van der Waals surface area contributed by atoms with Crippen molar-refractivity contribution in [2.45, 2.75) is 68.4 Å². The van der Waals surface area contributed by atoms with Gasteiger partial charge in [0.15, 0.2) is 0 Å². The van der Waals surface area contributed by atoms with E-state index in [1.165, 1.54) is 30.4 Å². The molecule has 4 nitrogen and oxygen atoms in total. The lowest BCUT2D eigenvalue weighted by atomic mass is 9.49. The van der Waals surface area contributed by atoms with Crippen molar-refractivity contribution in [1.29, 1.82) is 0 Å². The van der Waals surface area contributed by atoms with Crippen LogP contribution in [0.15, 0.2) is 18.2 Å². The minimum atomic E-state index is -0.789. The Kier molecular flexibility index (Phi) is 3.74. The van der Waals surface area contributed by atoms with Crippen LogP contribution in [-0.4, -0.2) is 47.6 Å². The molecule has 1 N–H and O–H groups in total. The Labute approximate surface area is 155 Å². The molecule has 1 aromatic rings. The molecule has 5 rings (SSSR count). The summed E-state index contributed by atoms with van der Waals surface area (Å²) in [6.07, 6.45) is 7.39. The van der Waals surface area contributed by atoms with Gasteiger partial charge in [-0.2, -0.15) is 0 Å². The van der Waals surface area contributed by atoms with Gasteiger partial charge in [-0.15, -0.1) is 0 Å². The van der Waals surface area contributed by atoms with Crippen molar-refractivity contribution in [1.82, 2.24) is 4.90 Å². The molecule has 1 heterocycles. The molecule has 4 aliphatic rings. The zero-order valence-electron chi connectivity index (χ0n) is 15.7. The van der Waals surface area contributed by atoms with Crippen LogP contribution in [0.5, 0.6) is 5.75 Å². The number of fused-ring (bicyclic) bond motifs is 1. The molecule has 2 bridgehead atoms. The Balaban J connectivity index is 1.61. The van der Waals surface area contributed by atoms with Crippen molar-refractivity contribution < 1.29 is 14.6 Å². The monoisotopic (exact) mass is 355 g/mol. The van der Waals surface area contributed by atoms with Crippen LogP contribution in [-0.2, 0) is 16.6 Å². The number of Topliss-reactive ketones (excluding diaryl/α,β-unsaturated/α-hetero) is 1. The number of carbonyl (C=O) groups excluding carboxylic acids is 1. The van der Waals surface area contributed by atoms with Gasteiger partial charge in [-0.3, -0.25) is 9.69 Å². The van der Waals surface area contributed by atoms with Crippen molar-refractivity contribution >= 4 is 5.78 Å². The summed E-state index contributed by atoms with van der Waals surface area (Å²) in [6, 6.07) is 6.42. The molecule has 3 aliphatic carbocycles. The summed E-state index contributed by atoms with van der Waals surface area (Å²) >= 11 is 0. The second kappa shape index (κ2) is 5.80. The minimum absolute atomic E-state index is 0.144. The summed E-state index contributed by atoms with van der Waals surface area (Å²) < 4.78 is 5.47. The first kappa shape index (κ1) is 16.8. The van der Waals surface area contributed by atoms with Gasteiger partial charge in [0.2, 0.25) is 0 Å². The highest BCUT2D eigenvalue weighted by Crippen LogP contribution is 2.58. The fourth-order valence-corrected chi connectivity index (χ4v) is 6.23. The molecule has 26 heavy (non-hydrogen) atoms. The summed E-state index contributed by atoms with van der Waals surface area (Å²) in [5.41, 5.74) is 1.26. The molecule has 1 saturated heterocycles. The van der Waals surface area contributed by atoms with Crippen LogP contribution in [0.2, 0.25) is 0 Å². The first-order valence-electron chi connectivity index (χ1n) is 10.2. The third kappa shape index (κ3) is 2.18. The van der Waals surface area contributed by atoms with Crippen LogP contribution >= 0.6 is 0 Å². The molecule has 3 fully saturated rings. The van der Waals surface area contributed by atoms with E-state index in [2.05, 4.69) is 17.0 Å². The summed E-state index contributed by atoms with van der Waals surface area (Å²) in [5, 5.41) is 12.0. The Morgan fingerprint density at radius 2 is 2.15 bits per heavy atom. The van der Waals surface area contributed by atoms with E-state index in [0.717, 1.165) is 37.6 Å². The number of piperidine rings is 1. The fraction of sp³-hybridized carbons (Fsp3) is 0.682. The third-order valence-corrected chi connectivity index (χ3v) is 7.89. The molecule has 3 atom stereocenters. The number of ketones is 1. The molecular weight excluding hydrogens is 326 g/mol. The van der Waals surface area contributed by atoms with Crippen LogP contribution in [0.25, 0.3) is 0 Å². The number of aliphatic hydroxyl groups is 1. The van der Waals surface area contributed by atoms with Crippen LogP contribution < -0.4 is 4.74 Å². The maximum atomic E-state index is 12.5. The van der Waals surface area contributed by atoms with Gasteiger partial charge in [0, 0.05) is 30.8 Å². The molecule has 1 aliphatic heterocycles. The number of methoxy groups -OCH3 is 1. The molecule has 0 unspecified atom stereocenters. The van der Waals surface area contributed by atoms with Gasteiger partial charge in [-0.25, -0.2) is 0 Å². The summed E-state index contributed by atoms with van der Waals surface area (Å²) in [5.74, 6) is 1.93.